The van der Waals surface area contributed by atoms with Gasteiger partial charge in [-0.25, -0.2) is 4.79 Å². The topological polar surface area (TPSA) is 38.3 Å². The van der Waals surface area contributed by atoms with E-state index in [1.54, 1.807) is 6.20 Å². The zero-order valence-corrected chi connectivity index (χ0v) is 8.77. The molecule has 0 radical (unpaired) electrons. The van der Waals surface area contributed by atoms with Crippen LogP contribution < -0.4 is 5.32 Å². The molecule has 1 rings (SSSR count). The highest BCUT2D eigenvalue weighted by atomic mass is 16.5. The Bertz CT molecular complexity index is 320. The largest absolute Gasteiger partial charge is 0.466 e. The van der Waals surface area contributed by atoms with Crippen molar-refractivity contribution in [1.29, 1.82) is 0 Å². The summed E-state index contributed by atoms with van der Waals surface area (Å²) in [5.41, 5.74) is 1.27. The predicted molar refractivity (Wildman–Crippen MR) is 59.3 cm³/mol. The van der Waals surface area contributed by atoms with Crippen molar-refractivity contribution in [2.24, 2.45) is 0 Å². The third-order valence-electron chi connectivity index (χ3n) is 1.94. The van der Waals surface area contributed by atoms with Crippen molar-refractivity contribution in [3.8, 4) is 0 Å². The zero-order chi connectivity index (χ0) is 10.9. The second kappa shape index (κ2) is 6.65. The van der Waals surface area contributed by atoms with Crippen LogP contribution in [0.5, 0.6) is 0 Å². The molecule has 0 aromatic heterocycles. The van der Waals surface area contributed by atoms with E-state index >= 15 is 0 Å². The van der Waals surface area contributed by atoms with Crippen LogP contribution in [0.4, 0.5) is 0 Å². The van der Waals surface area contributed by atoms with Crippen molar-refractivity contribution in [2.45, 2.75) is 6.42 Å². The molecule has 0 amide bonds. The number of ether oxygens (including phenoxy) is 1. The van der Waals surface area contributed by atoms with Crippen molar-refractivity contribution in [3.63, 3.8) is 0 Å². The van der Waals surface area contributed by atoms with E-state index in [1.165, 1.54) is 18.7 Å². The van der Waals surface area contributed by atoms with E-state index in [0.29, 0.717) is 0 Å². The summed E-state index contributed by atoms with van der Waals surface area (Å²) in [7, 11) is 1.36. The Morgan fingerprint density at radius 1 is 1.40 bits per heavy atom. The van der Waals surface area contributed by atoms with Crippen LogP contribution in [0.2, 0.25) is 0 Å². The van der Waals surface area contributed by atoms with E-state index in [-0.39, 0.29) is 5.97 Å². The number of benzene rings is 1. The highest BCUT2D eigenvalue weighted by Gasteiger charge is 1.90. The van der Waals surface area contributed by atoms with Crippen LogP contribution in [0.1, 0.15) is 5.56 Å². The van der Waals surface area contributed by atoms with Gasteiger partial charge >= 0.3 is 5.97 Å². The van der Waals surface area contributed by atoms with E-state index in [9.17, 15) is 4.79 Å². The molecule has 0 aliphatic heterocycles. The Kier molecular flexibility index (Phi) is 5.01. The van der Waals surface area contributed by atoms with Gasteiger partial charge in [0.05, 0.1) is 7.11 Å². The Balaban J connectivity index is 2.17. The summed E-state index contributed by atoms with van der Waals surface area (Å²) < 4.78 is 4.45. The molecule has 0 aliphatic carbocycles. The fraction of sp³-hybridized carbons (Fsp3) is 0.250. The summed E-state index contributed by atoms with van der Waals surface area (Å²) in [6.07, 6.45) is 3.91. The number of methoxy groups -OCH3 is 1. The Hall–Kier alpha value is -1.77. The van der Waals surface area contributed by atoms with Crippen LogP contribution in [0.25, 0.3) is 0 Å². The summed E-state index contributed by atoms with van der Waals surface area (Å²) in [5, 5.41) is 3.02. The molecule has 0 aliphatic rings. The van der Waals surface area contributed by atoms with Crippen LogP contribution in [0.3, 0.4) is 0 Å². The quantitative estimate of drug-likeness (QED) is 0.450. The van der Waals surface area contributed by atoms with Gasteiger partial charge in [0.2, 0.25) is 0 Å². The first kappa shape index (κ1) is 11.3. The number of hydrogen-bond donors (Lipinski definition) is 1. The lowest BCUT2D eigenvalue weighted by Crippen LogP contribution is -2.10. The monoisotopic (exact) mass is 205 g/mol. The van der Waals surface area contributed by atoms with Crippen LogP contribution in [0.15, 0.2) is 42.6 Å². The van der Waals surface area contributed by atoms with Gasteiger partial charge < -0.3 is 10.1 Å². The van der Waals surface area contributed by atoms with Crippen molar-refractivity contribution in [1.82, 2.24) is 5.32 Å². The van der Waals surface area contributed by atoms with Gasteiger partial charge in [-0.3, -0.25) is 0 Å². The van der Waals surface area contributed by atoms with E-state index in [2.05, 4.69) is 22.2 Å². The lowest BCUT2D eigenvalue weighted by Gasteiger charge is -2.00. The molecule has 0 fully saturated rings. The molecule has 80 valence electrons. The minimum atomic E-state index is -0.345. The average molecular weight is 205 g/mol. The minimum Gasteiger partial charge on any atom is -0.466 e. The van der Waals surface area contributed by atoms with E-state index in [4.69, 9.17) is 0 Å². The van der Waals surface area contributed by atoms with Gasteiger partial charge in [0.15, 0.2) is 0 Å². The van der Waals surface area contributed by atoms with Crippen molar-refractivity contribution >= 4 is 5.97 Å². The molecular weight excluding hydrogens is 190 g/mol. The number of carbonyl (C=O) groups excluding carboxylic acids is 1. The van der Waals surface area contributed by atoms with Crippen molar-refractivity contribution < 1.29 is 9.53 Å². The normalized spacial score (nSPS) is 10.2. The van der Waals surface area contributed by atoms with Crippen LogP contribution in [-0.4, -0.2) is 19.6 Å². The molecule has 0 unspecified atom stereocenters. The minimum absolute atomic E-state index is 0.345. The molecular formula is C12H15NO2. The number of hydrogen-bond acceptors (Lipinski definition) is 3. The third-order valence-corrected chi connectivity index (χ3v) is 1.94. The predicted octanol–water partition coefficient (Wildman–Crippen LogP) is 1.51. The van der Waals surface area contributed by atoms with Crippen LogP contribution in [-0.2, 0) is 16.0 Å². The lowest BCUT2D eigenvalue weighted by molar-refractivity contribution is -0.134. The summed E-state index contributed by atoms with van der Waals surface area (Å²) in [6.45, 7) is 0.803. The highest BCUT2D eigenvalue weighted by molar-refractivity contribution is 5.81. The van der Waals surface area contributed by atoms with Gasteiger partial charge in [0, 0.05) is 18.8 Å². The molecule has 0 atom stereocenters. The van der Waals surface area contributed by atoms with Gasteiger partial charge in [-0.1, -0.05) is 30.3 Å². The summed E-state index contributed by atoms with van der Waals surface area (Å²) in [4.78, 5) is 10.7. The number of carbonyl (C=O) groups is 1. The van der Waals surface area contributed by atoms with Crippen LogP contribution >= 0.6 is 0 Å². The van der Waals surface area contributed by atoms with E-state index in [0.717, 1.165) is 13.0 Å². The molecule has 0 bridgehead atoms. The zero-order valence-electron chi connectivity index (χ0n) is 8.77. The molecule has 1 aromatic carbocycles. The number of nitrogens with one attached hydrogen (secondary N) is 1. The highest BCUT2D eigenvalue weighted by Crippen LogP contribution is 1.97. The summed E-state index contributed by atoms with van der Waals surface area (Å²) in [5.74, 6) is -0.345. The smallest absolute Gasteiger partial charge is 0.331 e. The van der Waals surface area contributed by atoms with Gasteiger partial charge in [-0.2, -0.15) is 0 Å². The second-order valence-corrected chi connectivity index (χ2v) is 3.05. The summed E-state index contributed by atoms with van der Waals surface area (Å²) in [6, 6.07) is 10.2. The fourth-order valence-electron chi connectivity index (χ4n) is 1.14. The molecule has 0 saturated heterocycles. The van der Waals surface area contributed by atoms with Gasteiger partial charge in [-0.05, 0) is 12.0 Å². The first-order valence-electron chi connectivity index (χ1n) is 4.84. The van der Waals surface area contributed by atoms with Gasteiger partial charge in [-0.15, -0.1) is 0 Å². The van der Waals surface area contributed by atoms with Gasteiger partial charge in [0.25, 0.3) is 0 Å². The molecule has 1 N–H and O–H groups in total. The standard InChI is InChI=1S/C12H15NO2/c1-15-12(14)8-10-13-9-7-11-5-3-2-4-6-11/h2-6,8,10,13H,7,9H2,1H3. The van der Waals surface area contributed by atoms with Crippen LogP contribution in [0, 0.1) is 0 Å². The molecule has 0 spiro atoms. The van der Waals surface area contributed by atoms with Crippen molar-refractivity contribution in [3.05, 3.63) is 48.2 Å². The molecule has 3 heteroatoms. The first-order chi connectivity index (χ1) is 7.33. The molecule has 3 nitrogen and oxygen atoms in total. The maximum atomic E-state index is 10.7. The van der Waals surface area contributed by atoms with E-state index in [1.807, 2.05) is 18.2 Å². The maximum absolute atomic E-state index is 10.7. The first-order valence-corrected chi connectivity index (χ1v) is 4.84. The fourth-order valence-corrected chi connectivity index (χ4v) is 1.14. The molecule has 0 saturated carbocycles. The maximum Gasteiger partial charge on any atom is 0.331 e. The Morgan fingerprint density at radius 2 is 2.13 bits per heavy atom. The van der Waals surface area contributed by atoms with Crippen molar-refractivity contribution in [2.75, 3.05) is 13.7 Å². The third kappa shape index (κ3) is 4.86. The number of esters is 1. The second-order valence-electron chi connectivity index (χ2n) is 3.05. The lowest BCUT2D eigenvalue weighted by atomic mass is 10.1. The number of rotatable bonds is 5. The van der Waals surface area contributed by atoms with E-state index < -0.39 is 0 Å². The average Bonchev–Trinajstić information content (AvgIpc) is 2.29. The molecule has 1 aromatic rings. The molecule has 15 heavy (non-hydrogen) atoms. The SMILES string of the molecule is COC(=O)C=CNCCc1ccccc1. The Morgan fingerprint density at radius 3 is 2.80 bits per heavy atom. The van der Waals surface area contributed by atoms with Gasteiger partial charge in [0.1, 0.15) is 0 Å². The molecule has 0 heterocycles. The Labute approximate surface area is 89.8 Å². The summed E-state index contributed by atoms with van der Waals surface area (Å²) >= 11 is 0.